The number of anilines is 1. The second-order valence-electron chi connectivity index (χ2n) is 6.25. The number of amides is 1. The van der Waals surface area contributed by atoms with Crippen LogP contribution in [-0.4, -0.2) is 20.8 Å². The van der Waals surface area contributed by atoms with Gasteiger partial charge in [0.15, 0.2) is 5.11 Å². The lowest BCUT2D eigenvalue weighted by atomic mass is 9.92. The van der Waals surface area contributed by atoms with Gasteiger partial charge in [-0.1, -0.05) is 39.0 Å². The maximum Gasteiger partial charge on any atom is 0.257 e. The van der Waals surface area contributed by atoms with Gasteiger partial charge in [-0.25, -0.2) is 4.68 Å². The summed E-state index contributed by atoms with van der Waals surface area (Å²) in [6.45, 7) is 9.04. The van der Waals surface area contributed by atoms with Crippen molar-refractivity contribution in [2.75, 3.05) is 5.32 Å². The molecule has 0 fully saturated rings. The lowest BCUT2D eigenvalue weighted by molar-refractivity contribution is 0.0977. The Morgan fingerprint density at radius 2 is 1.91 bits per heavy atom. The molecule has 0 saturated carbocycles. The summed E-state index contributed by atoms with van der Waals surface area (Å²) in [7, 11) is 0. The molecule has 2 rings (SSSR count). The molecule has 0 aliphatic carbocycles. The quantitative estimate of drug-likeness (QED) is 0.848. The predicted octanol–water partition coefficient (Wildman–Crippen LogP) is 3.33. The van der Waals surface area contributed by atoms with E-state index in [4.69, 9.17) is 12.2 Å². The van der Waals surface area contributed by atoms with Crippen LogP contribution in [-0.2, 0) is 12.0 Å². The van der Waals surface area contributed by atoms with Crippen molar-refractivity contribution < 1.29 is 4.79 Å². The van der Waals surface area contributed by atoms with Crippen molar-refractivity contribution >= 4 is 29.1 Å². The summed E-state index contributed by atoms with van der Waals surface area (Å²) in [5.41, 5.74) is 1.49. The molecule has 6 heteroatoms. The molecule has 0 spiro atoms. The predicted molar refractivity (Wildman–Crippen MR) is 96.7 cm³/mol. The van der Waals surface area contributed by atoms with E-state index in [0.717, 1.165) is 11.5 Å². The van der Waals surface area contributed by atoms with Crippen molar-refractivity contribution in [3.8, 4) is 0 Å². The average Bonchev–Trinajstić information content (AvgIpc) is 2.91. The maximum atomic E-state index is 12.1. The third kappa shape index (κ3) is 4.39. The molecule has 0 unspecified atom stereocenters. The van der Waals surface area contributed by atoms with E-state index in [2.05, 4.69) is 36.5 Å². The molecule has 23 heavy (non-hydrogen) atoms. The van der Waals surface area contributed by atoms with Crippen LogP contribution in [0.1, 0.15) is 43.7 Å². The Morgan fingerprint density at radius 3 is 2.48 bits per heavy atom. The molecule has 0 radical (unpaired) electrons. The van der Waals surface area contributed by atoms with Crippen molar-refractivity contribution in [1.29, 1.82) is 0 Å². The lowest BCUT2D eigenvalue weighted by Gasteiger charge is -2.13. The molecule has 1 aromatic heterocycles. The summed E-state index contributed by atoms with van der Waals surface area (Å²) >= 11 is 5.24. The summed E-state index contributed by atoms with van der Waals surface area (Å²) in [4.78, 5) is 12.1. The summed E-state index contributed by atoms with van der Waals surface area (Å²) in [6.07, 6.45) is 0. The summed E-state index contributed by atoms with van der Waals surface area (Å²) in [6, 6.07) is 10.9. The molecule has 0 aliphatic heterocycles. The second kappa shape index (κ2) is 6.91. The van der Waals surface area contributed by atoms with Crippen molar-refractivity contribution in [2.45, 2.75) is 39.7 Å². The molecule has 0 saturated heterocycles. The van der Waals surface area contributed by atoms with Crippen molar-refractivity contribution in [3.63, 3.8) is 0 Å². The van der Waals surface area contributed by atoms with Gasteiger partial charge in [-0.3, -0.25) is 10.1 Å². The Hall–Kier alpha value is -2.21. The largest absolute Gasteiger partial charge is 0.317 e. The Kier molecular flexibility index (Phi) is 5.15. The van der Waals surface area contributed by atoms with Gasteiger partial charge in [0.1, 0.15) is 5.82 Å². The Bertz CT molecular complexity index is 701. The van der Waals surface area contributed by atoms with Crippen molar-refractivity contribution in [1.82, 2.24) is 15.1 Å². The van der Waals surface area contributed by atoms with Crippen LogP contribution in [0.15, 0.2) is 36.4 Å². The summed E-state index contributed by atoms with van der Waals surface area (Å²) < 4.78 is 1.83. The fraction of sp³-hybridized carbons (Fsp3) is 0.353. The fourth-order valence-corrected chi connectivity index (χ4v) is 2.23. The lowest BCUT2D eigenvalue weighted by Crippen LogP contribution is -2.34. The van der Waals surface area contributed by atoms with Gasteiger partial charge in [0.2, 0.25) is 0 Å². The van der Waals surface area contributed by atoms with Crippen LogP contribution in [0, 0.1) is 0 Å². The van der Waals surface area contributed by atoms with Gasteiger partial charge >= 0.3 is 0 Å². The number of nitrogens with one attached hydrogen (secondary N) is 2. The number of aryl methyl sites for hydroxylation is 1. The molecular weight excluding hydrogens is 308 g/mol. The summed E-state index contributed by atoms with van der Waals surface area (Å²) in [5.74, 6) is 0.539. The first-order valence-electron chi connectivity index (χ1n) is 7.57. The van der Waals surface area contributed by atoms with Gasteiger partial charge in [0, 0.05) is 23.6 Å². The average molecular weight is 330 g/mol. The third-order valence-electron chi connectivity index (χ3n) is 3.35. The highest BCUT2D eigenvalue weighted by Gasteiger charge is 2.20. The highest BCUT2D eigenvalue weighted by Crippen LogP contribution is 2.23. The number of hydrogen-bond donors (Lipinski definition) is 2. The van der Waals surface area contributed by atoms with Crippen LogP contribution in [0.5, 0.6) is 0 Å². The van der Waals surface area contributed by atoms with E-state index in [0.29, 0.717) is 12.1 Å². The first-order valence-corrected chi connectivity index (χ1v) is 7.98. The smallest absolute Gasteiger partial charge is 0.257 e. The number of nitrogens with zero attached hydrogens (tertiary/aromatic N) is 2. The van der Waals surface area contributed by atoms with E-state index in [1.165, 1.54) is 0 Å². The summed E-state index contributed by atoms with van der Waals surface area (Å²) in [5, 5.41) is 10.6. The van der Waals surface area contributed by atoms with Crippen LogP contribution in [0.3, 0.4) is 0 Å². The van der Waals surface area contributed by atoms with Gasteiger partial charge in [-0.15, -0.1) is 0 Å². The fourth-order valence-electron chi connectivity index (χ4n) is 2.04. The van der Waals surface area contributed by atoms with E-state index in [-0.39, 0.29) is 16.4 Å². The number of carbonyl (C=O) groups excluding carboxylic acids is 1. The Morgan fingerprint density at radius 1 is 1.26 bits per heavy atom. The second-order valence-corrected chi connectivity index (χ2v) is 6.66. The molecule has 1 heterocycles. The van der Waals surface area contributed by atoms with Gasteiger partial charge < -0.3 is 5.32 Å². The monoisotopic (exact) mass is 330 g/mol. The van der Waals surface area contributed by atoms with Crippen LogP contribution >= 0.6 is 12.2 Å². The molecule has 122 valence electrons. The van der Waals surface area contributed by atoms with Gasteiger partial charge in [-0.05, 0) is 31.3 Å². The van der Waals surface area contributed by atoms with E-state index in [1.54, 1.807) is 12.1 Å². The van der Waals surface area contributed by atoms with Crippen molar-refractivity contribution in [3.05, 3.63) is 47.7 Å². The zero-order valence-corrected chi connectivity index (χ0v) is 14.7. The Balaban J connectivity index is 2.08. The van der Waals surface area contributed by atoms with Crippen LogP contribution in [0.2, 0.25) is 0 Å². The molecule has 0 aliphatic rings. The van der Waals surface area contributed by atoms with Crippen LogP contribution in [0.25, 0.3) is 0 Å². The third-order valence-corrected chi connectivity index (χ3v) is 3.56. The highest BCUT2D eigenvalue weighted by atomic mass is 32.1. The van der Waals surface area contributed by atoms with E-state index < -0.39 is 0 Å². The number of thiocarbonyl (C=S) groups is 1. The molecule has 5 nitrogen and oxygen atoms in total. The molecular formula is C17H22N4OS. The zero-order chi connectivity index (χ0) is 17.0. The van der Waals surface area contributed by atoms with E-state index >= 15 is 0 Å². The van der Waals surface area contributed by atoms with Crippen molar-refractivity contribution in [2.24, 2.45) is 0 Å². The van der Waals surface area contributed by atoms with E-state index in [9.17, 15) is 4.79 Å². The normalized spacial score (nSPS) is 11.1. The zero-order valence-electron chi connectivity index (χ0n) is 13.9. The topological polar surface area (TPSA) is 59.0 Å². The number of carbonyl (C=O) groups is 1. The first-order chi connectivity index (χ1) is 10.8. The van der Waals surface area contributed by atoms with Gasteiger partial charge in [-0.2, -0.15) is 5.10 Å². The molecule has 0 bridgehead atoms. The minimum atomic E-state index is -0.235. The van der Waals surface area contributed by atoms with Crippen LogP contribution < -0.4 is 10.6 Å². The molecule has 2 N–H and O–H groups in total. The van der Waals surface area contributed by atoms with Gasteiger partial charge in [0.05, 0.1) is 5.69 Å². The number of rotatable bonds is 3. The minimum absolute atomic E-state index is 0.0498. The number of aromatic nitrogens is 2. The molecule has 1 amide bonds. The van der Waals surface area contributed by atoms with Gasteiger partial charge in [0.25, 0.3) is 5.91 Å². The maximum absolute atomic E-state index is 12.1. The first kappa shape index (κ1) is 17.1. The Labute approximate surface area is 142 Å². The molecule has 1 aromatic carbocycles. The SMILES string of the molecule is CCn1nc(C(C)(C)C)cc1NC(=S)NC(=O)c1ccccc1. The van der Waals surface area contributed by atoms with Crippen LogP contribution in [0.4, 0.5) is 5.82 Å². The highest BCUT2D eigenvalue weighted by molar-refractivity contribution is 7.80. The number of benzene rings is 1. The molecule has 2 aromatic rings. The standard InChI is InChI=1S/C17H22N4OS/c1-5-21-14(11-13(20-21)17(2,3)4)18-16(23)19-15(22)12-9-7-6-8-10-12/h6-11H,5H2,1-4H3,(H2,18,19,22,23). The van der Waals surface area contributed by atoms with E-state index in [1.807, 2.05) is 35.9 Å². The molecule has 0 atom stereocenters. The number of hydrogen-bond acceptors (Lipinski definition) is 3. The minimum Gasteiger partial charge on any atom is -0.317 e.